The quantitative estimate of drug-likeness (QED) is 0.539. The Morgan fingerprint density at radius 1 is 0.733 bits per heavy atom. The van der Waals surface area contributed by atoms with Crippen molar-refractivity contribution in [1.29, 1.82) is 0 Å². The molecule has 30 heavy (non-hydrogen) atoms. The van der Waals surface area contributed by atoms with Gasteiger partial charge in [0.15, 0.2) is 0 Å². The number of benzene rings is 2. The Morgan fingerprint density at radius 3 is 1.70 bits per heavy atom. The molecule has 3 nitrogen and oxygen atoms in total. The van der Waals surface area contributed by atoms with Crippen molar-refractivity contribution in [3.8, 4) is 0 Å². The number of hydrogen-bond acceptors (Lipinski definition) is 3. The fraction of sp³-hybridized carbons (Fsp3) is 0.115. The number of esters is 1. The Morgan fingerprint density at radius 2 is 1.20 bits per heavy atom. The molecule has 0 aromatic heterocycles. The van der Waals surface area contributed by atoms with Gasteiger partial charge in [0.25, 0.3) is 0 Å². The molecule has 0 aliphatic heterocycles. The Kier molecular flexibility index (Phi) is 10.6. The summed E-state index contributed by atoms with van der Waals surface area (Å²) in [5.74, 6) is 1.58. The summed E-state index contributed by atoms with van der Waals surface area (Å²) >= 11 is 0. The topological polar surface area (TPSA) is 52.3 Å². The van der Waals surface area contributed by atoms with Gasteiger partial charge in [-0.15, -0.1) is 0 Å². The van der Waals surface area contributed by atoms with Crippen molar-refractivity contribution in [2.24, 2.45) is 5.73 Å². The monoisotopic (exact) mass is 439 g/mol. The van der Waals surface area contributed by atoms with Crippen molar-refractivity contribution in [2.75, 3.05) is 0 Å². The molecule has 2 aromatic rings. The van der Waals surface area contributed by atoms with Crippen LogP contribution in [0.4, 0.5) is 0 Å². The number of carbonyl (C=O) groups is 1. The molecule has 152 valence electrons. The van der Waals surface area contributed by atoms with E-state index in [9.17, 15) is 4.79 Å². The van der Waals surface area contributed by atoms with Gasteiger partial charge in [0, 0.05) is 24.8 Å². The van der Waals surface area contributed by atoms with Crippen molar-refractivity contribution >= 4 is 5.97 Å². The number of rotatable bonds is 5. The fourth-order valence-corrected chi connectivity index (χ4v) is 3.24. The van der Waals surface area contributed by atoms with Gasteiger partial charge in [0.2, 0.25) is 0 Å². The predicted molar refractivity (Wildman–Crippen MR) is 115 cm³/mol. The maximum Gasteiger partial charge on any atom is 2.00 e. The maximum absolute atomic E-state index is 11.6. The molecule has 0 heterocycles. The summed E-state index contributed by atoms with van der Waals surface area (Å²) in [6.07, 6.45) is 15.5. The minimum atomic E-state index is -0.455. The molecular weight excluding hydrogens is 414 g/mol. The van der Waals surface area contributed by atoms with Crippen LogP contribution in [0.15, 0.2) is 60.7 Å². The van der Waals surface area contributed by atoms with Crippen molar-refractivity contribution in [2.45, 2.75) is 19.1 Å². The van der Waals surface area contributed by atoms with E-state index < -0.39 is 6.10 Å². The summed E-state index contributed by atoms with van der Waals surface area (Å²) in [5.41, 5.74) is 8.43. The zero-order valence-corrected chi connectivity index (χ0v) is 17.9. The SMILES string of the molecule is CC(=O)O[C@H]([C]1[CH][CH][CH][C]1[C@@H](N)c1ccccc1)c1ccccc1.[CH]1[CH][CH][CH][CH]1.[Fe+2]. The van der Waals surface area contributed by atoms with Crippen LogP contribution in [0.25, 0.3) is 0 Å². The molecule has 10 radical (unpaired) electrons. The van der Waals surface area contributed by atoms with Crippen LogP contribution in [-0.4, -0.2) is 5.97 Å². The van der Waals surface area contributed by atoms with E-state index in [4.69, 9.17) is 10.5 Å². The zero-order valence-electron chi connectivity index (χ0n) is 16.8. The fourth-order valence-electron chi connectivity index (χ4n) is 3.24. The van der Waals surface area contributed by atoms with Crippen LogP contribution in [0.1, 0.15) is 30.2 Å². The van der Waals surface area contributed by atoms with Gasteiger partial charge in [-0.1, -0.05) is 60.7 Å². The van der Waals surface area contributed by atoms with Gasteiger partial charge in [0.1, 0.15) is 6.10 Å². The van der Waals surface area contributed by atoms with Gasteiger partial charge in [-0.05, 0) is 62.5 Å². The average Bonchev–Trinajstić information content (AvgIpc) is 3.47. The zero-order chi connectivity index (χ0) is 20.5. The average molecular weight is 439 g/mol. The summed E-state index contributed by atoms with van der Waals surface area (Å²) in [7, 11) is 0. The van der Waals surface area contributed by atoms with Crippen LogP contribution in [-0.2, 0) is 26.6 Å². The first-order valence-electron chi connectivity index (χ1n) is 9.61. The summed E-state index contributed by atoms with van der Waals surface area (Å²) < 4.78 is 5.61. The largest absolute Gasteiger partial charge is 2.00 e. The van der Waals surface area contributed by atoms with E-state index in [0.717, 1.165) is 23.0 Å². The van der Waals surface area contributed by atoms with E-state index in [0.29, 0.717) is 0 Å². The summed E-state index contributed by atoms with van der Waals surface area (Å²) in [4.78, 5) is 11.6. The maximum atomic E-state index is 11.6. The van der Waals surface area contributed by atoms with Crippen LogP contribution in [0.5, 0.6) is 0 Å². The van der Waals surface area contributed by atoms with Gasteiger partial charge in [-0.2, -0.15) is 0 Å². The van der Waals surface area contributed by atoms with Gasteiger partial charge in [-0.25, -0.2) is 0 Å². The van der Waals surface area contributed by atoms with Crippen LogP contribution in [0.2, 0.25) is 0 Å². The van der Waals surface area contributed by atoms with Crippen molar-refractivity contribution in [3.05, 3.63) is 135 Å². The Labute approximate surface area is 192 Å². The minimum Gasteiger partial charge on any atom is -0.457 e. The molecule has 2 fully saturated rings. The van der Waals surface area contributed by atoms with E-state index in [2.05, 4.69) is 0 Å². The third-order valence-electron chi connectivity index (χ3n) is 4.60. The minimum absolute atomic E-state index is 0. The second kappa shape index (κ2) is 12.9. The van der Waals surface area contributed by atoms with Gasteiger partial charge < -0.3 is 10.5 Å². The molecular formula is C26H25FeNO2+2. The Balaban J connectivity index is 0.000000468. The molecule has 2 aromatic carbocycles. The third-order valence-corrected chi connectivity index (χ3v) is 4.60. The third kappa shape index (κ3) is 6.97. The van der Waals surface area contributed by atoms with Crippen LogP contribution in [0.3, 0.4) is 0 Å². The van der Waals surface area contributed by atoms with Crippen molar-refractivity contribution in [3.63, 3.8) is 0 Å². The van der Waals surface area contributed by atoms with E-state index in [1.54, 1.807) is 0 Å². The predicted octanol–water partition coefficient (Wildman–Crippen LogP) is 4.79. The second-order valence-corrected chi connectivity index (χ2v) is 6.69. The molecule has 0 amide bonds. The Hall–Kier alpha value is -1.61. The summed E-state index contributed by atoms with van der Waals surface area (Å²) in [6.45, 7) is 1.43. The molecule has 2 N–H and O–H groups in total. The molecule has 0 unspecified atom stereocenters. The molecule has 2 aliphatic carbocycles. The standard InChI is InChI=1S/C21H20NO2.C5H5.Fe/c1-15(23)24-21(17-11-6-3-7-12-17)19-14-8-13-18(19)20(22)16-9-4-2-5-10-16;1-2-4-5-3-1;/h2-14,20-21H,22H2,1H3;1-5H;/q;;+2/t20-,21-;;/m0../s1. The molecule has 2 aliphatic rings. The molecule has 2 saturated carbocycles. The van der Waals surface area contributed by atoms with Crippen LogP contribution in [0, 0.1) is 63.2 Å². The second-order valence-electron chi connectivity index (χ2n) is 6.69. The van der Waals surface area contributed by atoms with Crippen LogP contribution < -0.4 is 5.73 Å². The van der Waals surface area contributed by atoms with Gasteiger partial charge >= 0.3 is 23.0 Å². The van der Waals surface area contributed by atoms with E-state index in [1.807, 2.05) is 112 Å². The smallest absolute Gasteiger partial charge is 0.457 e. The molecule has 0 bridgehead atoms. The molecule has 4 rings (SSSR count). The normalized spacial score (nSPS) is 18.6. The molecule has 0 spiro atoms. The number of ether oxygens (including phenoxy) is 1. The summed E-state index contributed by atoms with van der Waals surface area (Å²) in [6, 6.07) is 19.4. The Bertz CT molecular complexity index is 726. The number of hydrogen-bond donors (Lipinski definition) is 1. The number of nitrogens with two attached hydrogens (primary N) is 1. The van der Waals surface area contributed by atoms with Gasteiger partial charge in [-0.3, -0.25) is 4.79 Å². The number of carbonyl (C=O) groups excluding carboxylic acids is 1. The van der Waals surface area contributed by atoms with Crippen LogP contribution >= 0.6 is 0 Å². The first kappa shape index (κ1) is 24.7. The van der Waals surface area contributed by atoms with E-state index in [-0.39, 0.29) is 29.1 Å². The van der Waals surface area contributed by atoms with Crippen molar-refractivity contribution < 1.29 is 26.6 Å². The molecule has 2 atom stereocenters. The first-order valence-corrected chi connectivity index (χ1v) is 9.61. The van der Waals surface area contributed by atoms with E-state index >= 15 is 0 Å². The summed E-state index contributed by atoms with van der Waals surface area (Å²) in [5, 5.41) is 0. The van der Waals surface area contributed by atoms with E-state index in [1.165, 1.54) is 6.92 Å². The van der Waals surface area contributed by atoms with Crippen molar-refractivity contribution in [1.82, 2.24) is 0 Å². The molecule has 4 heteroatoms. The first-order chi connectivity index (χ1) is 14.2. The molecule has 0 saturated heterocycles. The van der Waals surface area contributed by atoms with Gasteiger partial charge in [0.05, 0.1) is 0 Å².